The number of nitrogens with zero attached hydrogens (tertiary/aromatic N) is 1. The number of benzene rings is 2. The van der Waals surface area contributed by atoms with Crippen LogP contribution in [-0.4, -0.2) is 13.4 Å². The zero-order chi connectivity index (χ0) is 16.6. The molecule has 1 heterocycles. The van der Waals surface area contributed by atoms with Crippen molar-refractivity contribution >= 4 is 44.6 Å². The van der Waals surface area contributed by atoms with Gasteiger partial charge in [0, 0.05) is 21.5 Å². The van der Waals surface area contributed by atoms with Crippen LogP contribution < -0.4 is 5.14 Å². The molecule has 23 heavy (non-hydrogen) atoms. The smallest absolute Gasteiger partial charge is 0.236 e. The van der Waals surface area contributed by atoms with Gasteiger partial charge in [-0.1, -0.05) is 35.3 Å². The molecule has 0 aliphatic carbocycles. The van der Waals surface area contributed by atoms with Gasteiger partial charge in [0.15, 0.2) is 0 Å². The number of hydrogen-bond donors (Lipinski definition) is 1. The minimum absolute atomic E-state index is 0.0683. The van der Waals surface area contributed by atoms with Crippen molar-refractivity contribution in [3.05, 3.63) is 57.9 Å². The summed E-state index contributed by atoms with van der Waals surface area (Å²) in [5.41, 5.74) is 2.33. The third-order valence-corrected chi connectivity index (χ3v) is 5.51. The van der Waals surface area contributed by atoms with Crippen LogP contribution in [0.4, 0.5) is 0 Å². The third kappa shape index (κ3) is 3.57. The number of rotatable bonds is 3. The summed E-state index contributed by atoms with van der Waals surface area (Å²) in [5.74, 6) is 0. The lowest BCUT2D eigenvalue weighted by molar-refractivity contribution is 0.598. The van der Waals surface area contributed by atoms with E-state index in [-0.39, 0.29) is 4.90 Å². The summed E-state index contributed by atoms with van der Waals surface area (Å²) >= 11 is 13.5. The van der Waals surface area contributed by atoms with Crippen LogP contribution in [0.5, 0.6) is 0 Å². The molecule has 0 unspecified atom stereocenters. The first-order valence-corrected chi connectivity index (χ1v) is 9.57. The lowest BCUT2D eigenvalue weighted by Gasteiger charge is -2.01. The van der Waals surface area contributed by atoms with Crippen molar-refractivity contribution in [3.63, 3.8) is 0 Å². The Labute approximate surface area is 147 Å². The van der Waals surface area contributed by atoms with Crippen LogP contribution in [0.1, 0.15) is 0 Å². The van der Waals surface area contributed by atoms with E-state index in [1.807, 2.05) is 11.4 Å². The Bertz CT molecular complexity index is 967. The quantitative estimate of drug-likeness (QED) is 0.725. The van der Waals surface area contributed by atoms with Crippen LogP contribution in [-0.2, 0) is 10.0 Å². The molecule has 4 nitrogen and oxygen atoms in total. The Balaban J connectivity index is 1.96. The summed E-state index contributed by atoms with van der Waals surface area (Å²) in [6.07, 6.45) is 0. The first kappa shape index (κ1) is 16.4. The fourth-order valence-corrected chi connectivity index (χ4v) is 3.86. The lowest BCUT2D eigenvalue weighted by Crippen LogP contribution is -2.11. The normalized spacial score (nSPS) is 11.6. The van der Waals surface area contributed by atoms with E-state index in [0.29, 0.717) is 10.0 Å². The topological polar surface area (TPSA) is 73.1 Å². The van der Waals surface area contributed by atoms with Crippen molar-refractivity contribution in [1.82, 2.24) is 4.98 Å². The van der Waals surface area contributed by atoms with Gasteiger partial charge < -0.3 is 0 Å². The molecule has 0 atom stereocenters. The van der Waals surface area contributed by atoms with Gasteiger partial charge in [-0.3, -0.25) is 0 Å². The van der Waals surface area contributed by atoms with Crippen LogP contribution in [0, 0.1) is 0 Å². The van der Waals surface area contributed by atoms with E-state index < -0.39 is 10.0 Å². The van der Waals surface area contributed by atoms with Crippen molar-refractivity contribution < 1.29 is 8.42 Å². The average molecular weight is 385 g/mol. The molecule has 0 saturated carbocycles. The molecule has 0 spiro atoms. The van der Waals surface area contributed by atoms with Gasteiger partial charge in [-0.05, 0) is 30.3 Å². The van der Waals surface area contributed by atoms with E-state index in [4.69, 9.17) is 28.3 Å². The summed E-state index contributed by atoms with van der Waals surface area (Å²) in [7, 11) is -3.70. The second kappa shape index (κ2) is 6.22. The van der Waals surface area contributed by atoms with Crippen molar-refractivity contribution in [2.45, 2.75) is 4.90 Å². The van der Waals surface area contributed by atoms with Gasteiger partial charge in [-0.2, -0.15) is 0 Å². The molecule has 3 aromatic rings. The molecule has 1 aromatic heterocycles. The van der Waals surface area contributed by atoms with Gasteiger partial charge in [0.2, 0.25) is 10.0 Å². The van der Waals surface area contributed by atoms with Gasteiger partial charge in [0.1, 0.15) is 5.01 Å². The molecule has 0 bridgehead atoms. The van der Waals surface area contributed by atoms with Gasteiger partial charge in [0.05, 0.1) is 15.6 Å². The standard InChI is InChI=1S/C15H10Cl2N2O2S2/c16-10-3-6-12(13(17)7-10)14-8-22-15(19-14)9-1-4-11(5-2-9)23(18,20)21/h1-8H,(H2,18,20,21). The third-order valence-electron chi connectivity index (χ3n) is 3.14. The van der Waals surface area contributed by atoms with E-state index >= 15 is 0 Å². The molecule has 0 amide bonds. The Kier molecular flexibility index (Phi) is 4.44. The summed E-state index contributed by atoms with van der Waals surface area (Å²) in [6.45, 7) is 0. The molecule has 8 heteroatoms. The molecule has 0 saturated heterocycles. The van der Waals surface area contributed by atoms with E-state index in [1.165, 1.54) is 23.5 Å². The highest BCUT2D eigenvalue weighted by atomic mass is 35.5. The molecule has 2 N–H and O–H groups in total. The van der Waals surface area contributed by atoms with Crippen LogP contribution in [0.3, 0.4) is 0 Å². The Morgan fingerprint density at radius 3 is 2.35 bits per heavy atom. The summed E-state index contributed by atoms with van der Waals surface area (Å²) in [4.78, 5) is 4.61. The Hall–Kier alpha value is -1.44. The molecule has 0 aliphatic heterocycles. The van der Waals surface area contributed by atoms with Crippen molar-refractivity contribution in [3.8, 4) is 21.8 Å². The number of sulfonamides is 1. The molecule has 2 aromatic carbocycles. The van der Waals surface area contributed by atoms with Gasteiger partial charge >= 0.3 is 0 Å². The van der Waals surface area contributed by atoms with Crippen molar-refractivity contribution in [2.24, 2.45) is 5.14 Å². The second-order valence-electron chi connectivity index (χ2n) is 4.73. The highest BCUT2D eigenvalue weighted by Crippen LogP contribution is 2.34. The maximum absolute atomic E-state index is 11.3. The van der Waals surface area contributed by atoms with E-state index in [2.05, 4.69) is 4.98 Å². The molecular weight excluding hydrogens is 375 g/mol. The van der Waals surface area contributed by atoms with Gasteiger partial charge in [0.25, 0.3) is 0 Å². The second-order valence-corrected chi connectivity index (χ2v) is 7.99. The maximum atomic E-state index is 11.3. The van der Waals surface area contributed by atoms with Crippen LogP contribution in [0.25, 0.3) is 21.8 Å². The highest BCUT2D eigenvalue weighted by Gasteiger charge is 2.12. The highest BCUT2D eigenvalue weighted by molar-refractivity contribution is 7.89. The maximum Gasteiger partial charge on any atom is 0.238 e. The number of halogens is 2. The summed E-state index contributed by atoms with van der Waals surface area (Å²) in [5, 5.41) is 8.82. The van der Waals surface area contributed by atoms with Crippen LogP contribution in [0.15, 0.2) is 52.7 Å². The molecule has 0 aliphatic rings. The number of primary sulfonamides is 1. The zero-order valence-electron chi connectivity index (χ0n) is 11.5. The largest absolute Gasteiger partial charge is 0.238 e. The SMILES string of the molecule is NS(=O)(=O)c1ccc(-c2nc(-c3ccc(Cl)cc3Cl)cs2)cc1. The molecular formula is C15H10Cl2N2O2S2. The van der Waals surface area contributed by atoms with Gasteiger partial charge in [-0.25, -0.2) is 18.5 Å². The van der Waals surface area contributed by atoms with E-state index in [0.717, 1.165) is 21.8 Å². The number of nitrogens with two attached hydrogens (primary N) is 1. The van der Waals surface area contributed by atoms with E-state index in [9.17, 15) is 8.42 Å². The van der Waals surface area contributed by atoms with Crippen LogP contribution in [0.2, 0.25) is 10.0 Å². The number of aromatic nitrogens is 1. The van der Waals surface area contributed by atoms with E-state index in [1.54, 1.807) is 24.3 Å². The summed E-state index contributed by atoms with van der Waals surface area (Å²) in [6, 6.07) is 11.5. The lowest BCUT2D eigenvalue weighted by atomic mass is 10.2. The van der Waals surface area contributed by atoms with Crippen molar-refractivity contribution in [1.29, 1.82) is 0 Å². The molecule has 3 rings (SSSR count). The molecule has 0 fully saturated rings. The Morgan fingerprint density at radius 1 is 1.04 bits per heavy atom. The fraction of sp³-hybridized carbons (Fsp3) is 0. The minimum atomic E-state index is -3.70. The number of hydrogen-bond acceptors (Lipinski definition) is 4. The average Bonchev–Trinajstić information content (AvgIpc) is 2.96. The zero-order valence-corrected chi connectivity index (χ0v) is 14.7. The number of thiazole rings is 1. The summed E-state index contributed by atoms with van der Waals surface area (Å²) < 4.78 is 22.5. The predicted octanol–water partition coefficient (Wildman–Crippen LogP) is 4.43. The van der Waals surface area contributed by atoms with Crippen molar-refractivity contribution in [2.75, 3.05) is 0 Å². The van der Waals surface area contributed by atoms with Crippen LogP contribution >= 0.6 is 34.5 Å². The first-order chi connectivity index (χ1) is 10.8. The van der Waals surface area contributed by atoms with Gasteiger partial charge in [-0.15, -0.1) is 11.3 Å². The monoisotopic (exact) mass is 384 g/mol. The molecule has 118 valence electrons. The Morgan fingerprint density at radius 2 is 1.74 bits per heavy atom. The predicted molar refractivity (Wildman–Crippen MR) is 94.4 cm³/mol. The fourth-order valence-electron chi connectivity index (χ4n) is 2.01. The minimum Gasteiger partial charge on any atom is -0.236 e. The first-order valence-electron chi connectivity index (χ1n) is 6.39. The molecule has 0 radical (unpaired) electrons.